The summed E-state index contributed by atoms with van der Waals surface area (Å²) >= 11 is 0. The monoisotopic (exact) mass is 509 g/mol. The Hall–Kier alpha value is -4.64. The molecule has 0 aliphatic carbocycles. The molecule has 0 saturated carbocycles. The quantitative estimate of drug-likeness (QED) is 0.288. The normalized spacial score (nSPS) is 14.1. The molecule has 6 heterocycles. The highest BCUT2D eigenvalue weighted by Crippen LogP contribution is 2.33. The number of halogens is 1. The lowest BCUT2D eigenvalue weighted by atomic mass is 10.1. The van der Waals surface area contributed by atoms with E-state index < -0.39 is 0 Å². The number of hydrogen-bond acceptors (Lipinski definition) is 7. The van der Waals surface area contributed by atoms with E-state index in [-0.39, 0.29) is 5.82 Å². The summed E-state index contributed by atoms with van der Waals surface area (Å²) in [5, 5.41) is 14.3. The van der Waals surface area contributed by atoms with Gasteiger partial charge in [0, 0.05) is 36.1 Å². The van der Waals surface area contributed by atoms with Gasteiger partial charge in [0.1, 0.15) is 23.7 Å². The third-order valence-electron chi connectivity index (χ3n) is 6.88. The molecule has 7 rings (SSSR count). The van der Waals surface area contributed by atoms with E-state index in [1.165, 1.54) is 25.0 Å². The van der Waals surface area contributed by atoms with Crippen molar-refractivity contribution in [2.45, 2.75) is 12.8 Å². The Kier molecular flexibility index (Phi) is 5.54. The second-order valence-electron chi connectivity index (χ2n) is 9.37. The smallest absolute Gasteiger partial charge is 0.178 e. The third-order valence-corrected chi connectivity index (χ3v) is 6.88. The number of aromatic nitrogens is 8. The van der Waals surface area contributed by atoms with Crippen LogP contribution in [0.3, 0.4) is 0 Å². The zero-order valence-corrected chi connectivity index (χ0v) is 20.4. The van der Waals surface area contributed by atoms with E-state index in [0.29, 0.717) is 46.1 Å². The molecule has 3 N–H and O–H groups in total. The van der Waals surface area contributed by atoms with Gasteiger partial charge in [0.15, 0.2) is 17.2 Å². The van der Waals surface area contributed by atoms with Crippen molar-refractivity contribution < 1.29 is 9.13 Å². The largest absolute Gasteiger partial charge is 0.492 e. The van der Waals surface area contributed by atoms with Crippen LogP contribution in [-0.2, 0) is 0 Å². The number of fused-ring (bicyclic) bond motifs is 2. The van der Waals surface area contributed by atoms with E-state index in [1.807, 2.05) is 24.3 Å². The minimum atomic E-state index is -0.363. The Morgan fingerprint density at radius 2 is 1.95 bits per heavy atom. The number of H-pyrrole nitrogens is 3. The summed E-state index contributed by atoms with van der Waals surface area (Å²) in [7, 11) is 0. The summed E-state index contributed by atoms with van der Waals surface area (Å²) < 4.78 is 20.6. The Morgan fingerprint density at radius 1 is 1.03 bits per heavy atom. The highest BCUT2D eigenvalue weighted by Gasteiger charge is 2.18. The highest BCUT2D eigenvalue weighted by molar-refractivity contribution is 5.95. The lowest BCUT2D eigenvalue weighted by Gasteiger charge is -2.15. The number of ether oxygens (including phenoxy) is 1. The van der Waals surface area contributed by atoms with Crippen molar-refractivity contribution in [1.82, 2.24) is 45.2 Å². The van der Waals surface area contributed by atoms with Gasteiger partial charge in [-0.15, -0.1) is 0 Å². The number of imidazole rings is 1. The molecule has 11 heteroatoms. The number of pyridine rings is 2. The summed E-state index contributed by atoms with van der Waals surface area (Å²) in [5.74, 6) is 0.650. The van der Waals surface area contributed by atoms with Gasteiger partial charge in [-0.25, -0.2) is 19.3 Å². The van der Waals surface area contributed by atoms with Crippen molar-refractivity contribution in [3.8, 4) is 39.7 Å². The molecule has 190 valence electrons. The van der Waals surface area contributed by atoms with Crippen molar-refractivity contribution in [3.05, 3.63) is 60.8 Å². The minimum Gasteiger partial charge on any atom is -0.492 e. The van der Waals surface area contributed by atoms with Crippen molar-refractivity contribution in [2.75, 3.05) is 26.2 Å². The lowest BCUT2D eigenvalue weighted by molar-refractivity contribution is 0.237. The van der Waals surface area contributed by atoms with Gasteiger partial charge >= 0.3 is 0 Å². The number of hydrogen-bond donors (Lipinski definition) is 3. The number of nitrogens with one attached hydrogen (secondary N) is 3. The minimum absolute atomic E-state index is 0.363. The first-order valence-electron chi connectivity index (χ1n) is 12.6. The molecule has 1 aliphatic heterocycles. The second kappa shape index (κ2) is 9.34. The molecule has 10 nitrogen and oxygen atoms in total. The van der Waals surface area contributed by atoms with E-state index >= 15 is 0 Å². The molecule has 1 fully saturated rings. The summed E-state index contributed by atoms with van der Waals surface area (Å²) in [5.41, 5.74) is 6.28. The van der Waals surface area contributed by atoms with Gasteiger partial charge in [0.25, 0.3) is 0 Å². The first-order valence-corrected chi connectivity index (χ1v) is 12.6. The van der Waals surface area contributed by atoms with Crippen LogP contribution in [0.4, 0.5) is 4.39 Å². The van der Waals surface area contributed by atoms with Gasteiger partial charge < -0.3 is 9.72 Å². The topological polar surface area (TPSA) is 124 Å². The third kappa shape index (κ3) is 4.16. The van der Waals surface area contributed by atoms with Gasteiger partial charge in [-0.05, 0) is 61.8 Å². The average molecular weight is 510 g/mol. The van der Waals surface area contributed by atoms with Crippen LogP contribution in [-0.4, -0.2) is 71.5 Å². The molecule has 38 heavy (non-hydrogen) atoms. The molecule has 5 aromatic heterocycles. The standard InChI is InChI=1S/C27H24FN9O/c28-18-11-16(12-19(13-18)38-10-9-37-7-1-2-8-37)20-5-6-29-26-23(20)33-27(34-26)25-24-22(35-36-25)4-3-21(32-24)17-14-30-31-15-17/h3-6,11-15H,1-2,7-10H2,(H,30,31)(H,35,36)(H,29,33,34). The summed E-state index contributed by atoms with van der Waals surface area (Å²) in [6, 6.07) is 10.4. The predicted molar refractivity (Wildman–Crippen MR) is 141 cm³/mol. The maximum atomic E-state index is 14.6. The van der Waals surface area contributed by atoms with E-state index in [2.05, 4.69) is 40.2 Å². The zero-order valence-electron chi connectivity index (χ0n) is 20.4. The van der Waals surface area contributed by atoms with E-state index in [0.717, 1.165) is 42.0 Å². The molecule has 0 radical (unpaired) electrons. The maximum absolute atomic E-state index is 14.6. The fourth-order valence-electron chi connectivity index (χ4n) is 4.98. The molecule has 0 amide bonds. The Labute approximate surface area is 216 Å². The van der Waals surface area contributed by atoms with Crippen LogP contribution in [0.25, 0.3) is 56.1 Å². The van der Waals surface area contributed by atoms with Crippen molar-refractivity contribution in [2.24, 2.45) is 0 Å². The fourth-order valence-corrected chi connectivity index (χ4v) is 4.98. The van der Waals surface area contributed by atoms with Crippen molar-refractivity contribution in [1.29, 1.82) is 0 Å². The number of nitrogens with zero attached hydrogens (tertiary/aromatic N) is 6. The van der Waals surface area contributed by atoms with E-state index in [9.17, 15) is 4.39 Å². The molecular formula is C27H24FN9O. The van der Waals surface area contributed by atoms with Crippen LogP contribution in [0.5, 0.6) is 5.75 Å². The second-order valence-corrected chi connectivity index (χ2v) is 9.37. The van der Waals surface area contributed by atoms with Crippen molar-refractivity contribution in [3.63, 3.8) is 0 Å². The SMILES string of the molecule is Fc1cc(OCCN2CCCC2)cc(-c2ccnc3nc(-c4n[nH]c5ccc(-c6cn[nH]c6)nc45)[nH]c23)c1. The van der Waals surface area contributed by atoms with Crippen LogP contribution in [0.1, 0.15) is 12.8 Å². The molecule has 6 aromatic rings. The van der Waals surface area contributed by atoms with Crippen LogP contribution >= 0.6 is 0 Å². The van der Waals surface area contributed by atoms with Gasteiger partial charge in [-0.1, -0.05) is 0 Å². The van der Waals surface area contributed by atoms with E-state index in [4.69, 9.17) is 9.72 Å². The predicted octanol–water partition coefficient (Wildman–Crippen LogP) is 4.57. The van der Waals surface area contributed by atoms with Gasteiger partial charge in [0.05, 0.1) is 22.9 Å². The number of likely N-dealkylation sites (tertiary alicyclic amines) is 1. The molecule has 0 atom stereocenters. The Bertz CT molecular complexity index is 1730. The number of aromatic amines is 3. The summed E-state index contributed by atoms with van der Waals surface area (Å²) in [4.78, 5) is 19.6. The fraction of sp³-hybridized carbons (Fsp3) is 0.222. The molecule has 1 aromatic carbocycles. The first kappa shape index (κ1) is 22.5. The van der Waals surface area contributed by atoms with Gasteiger partial charge in [-0.2, -0.15) is 10.2 Å². The molecule has 0 unspecified atom stereocenters. The Balaban J connectivity index is 1.23. The van der Waals surface area contributed by atoms with Crippen LogP contribution in [0, 0.1) is 5.82 Å². The maximum Gasteiger partial charge on any atom is 0.178 e. The number of rotatable bonds is 7. The van der Waals surface area contributed by atoms with Gasteiger partial charge in [0.2, 0.25) is 0 Å². The molecule has 0 bridgehead atoms. The highest BCUT2D eigenvalue weighted by atomic mass is 19.1. The van der Waals surface area contributed by atoms with Crippen LogP contribution in [0.15, 0.2) is 55.0 Å². The molecule has 1 aliphatic rings. The first-order chi connectivity index (χ1) is 18.7. The van der Waals surface area contributed by atoms with Crippen molar-refractivity contribution >= 4 is 22.2 Å². The van der Waals surface area contributed by atoms with Crippen LogP contribution < -0.4 is 4.74 Å². The molecular weight excluding hydrogens is 485 g/mol. The number of benzene rings is 1. The van der Waals surface area contributed by atoms with Crippen LogP contribution in [0.2, 0.25) is 0 Å². The average Bonchev–Trinajstić information content (AvgIpc) is 3.73. The zero-order chi connectivity index (χ0) is 25.5. The summed E-state index contributed by atoms with van der Waals surface area (Å²) in [6.45, 7) is 3.55. The lowest BCUT2D eigenvalue weighted by Crippen LogP contribution is -2.25. The van der Waals surface area contributed by atoms with Gasteiger partial charge in [-0.3, -0.25) is 15.1 Å². The molecule has 1 saturated heterocycles. The summed E-state index contributed by atoms with van der Waals surface area (Å²) in [6.07, 6.45) is 7.62. The Morgan fingerprint density at radius 3 is 2.82 bits per heavy atom. The molecule has 0 spiro atoms. The van der Waals surface area contributed by atoms with E-state index in [1.54, 1.807) is 18.6 Å².